The SMILES string of the molecule is COc1cc(OC)c(C(=O)OCC(=O)C(C#N)C(C)=N)cc1OC. The van der Waals surface area contributed by atoms with Crippen molar-refractivity contribution in [3.63, 3.8) is 0 Å². The largest absolute Gasteiger partial charge is 0.496 e. The number of rotatable bonds is 8. The Morgan fingerprint density at radius 2 is 1.67 bits per heavy atom. The molecule has 0 radical (unpaired) electrons. The summed E-state index contributed by atoms with van der Waals surface area (Å²) < 4.78 is 20.3. The molecule has 1 atom stereocenters. The molecule has 0 aliphatic rings. The average molecular weight is 334 g/mol. The fourth-order valence-electron chi connectivity index (χ4n) is 1.90. The summed E-state index contributed by atoms with van der Waals surface area (Å²) in [5.41, 5.74) is -0.0646. The standard InChI is InChI=1S/C16H18N2O6/c1-9(18)11(7-17)12(19)8-24-16(20)10-5-14(22-3)15(23-4)6-13(10)21-2/h5-6,11,18H,8H2,1-4H3. The van der Waals surface area contributed by atoms with E-state index in [2.05, 4.69) is 0 Å². The van der Waals surface area contributed by atoms with E-state index in [0.29, 0.717) is 11.5 Å². The van der Waals surface area contributed by atoms with Crippen molar-refractivity contribution in [3.8, 4) is 23.3 Å². The van der Waals surface area contributed by atoms with Crippen LogP contribution in [0, 0.1) is 22.7 Å². The fraction of sp³-hybridized carbons (Fsp3) is 0.375. The number of nitrogens with zero attached hydrogens (tertiary/aromatic N) is 1. The number of Topliss-reactive ketones (excluding diaryl/α,β-unsaturated/α-hetero) is 1. The molecule has 128 valence electrons. The summed E-state index contributed by atoms with van der Waals surface area (Å²) in [6, 6.07) is 4.52. The van der Waals surface area contributed by atoms with E-state index in [0.717, 1.165) is 0 Å². The molecule has 8 nitrogen and oxygen atoms in total. The number of hydrogen-bond acceptors (Lipinski definition) is 8. The average Bonchev–Trinajstić information content (AvgIpc) is 2.58. The minimum atomic E-state index is -1.23. The van der Waals surface area contributed by atoms with Gasteiger partial charge >= 0.3 is 5.97 Å². The highest BCUT2D eigenvalue weighted by Gasteiger charge is 2.24. The summed E-state index contributed by atoms with van der Waals surface area (Å²) in [4.78, 5) is 24.0. The summed E-state index contributed by atoms with van der Waals surface area (Å²) in [5.74, 6) is -1.87. The summed E-state index contributed by atoms with van der Waals surface area (Å²) in [7, 11) is 4.22. The molecule has 0 fully saturated rings. The van der Waals surface area contributed by atoms with Gasteiger partial charge in [0, 0.05) is 17.8 Å². The van der Waals surface area contributed by atoms with Crippen LogP contribution < -0.4 is 14.2 Å². The third-order valence-corrected chi connectivity index (χ3v) is 3.16. The Balaban J connectivity index is 2.97. The van der Waals surface area contributed by atoms with E-state index in [1.165, 1.54) is 40.4 Å². The topological polar surface area (TPSA) is 119 Å². The molecule has 0 bridgehead atoms. The number of ketones is 1. The lowest BCUT2D eigenvalue weighted by atomic mass is 10.0. The van der Waals surface area contributed by atoms with Crippen LogP contribution >= 0.6 is 0 Å². The monoisotopic (exact) mass is 334 g/mol. The van der Waals surface area contributed by atoms with Gasteiger partial charge < -0.3 is 24.4 Å². The Morgan fingerprint density at radius 1 is 1.12 bits per heavy atom. The lowest BCUT2D eigenvalue weighted by molar-refractivity contribution is -0.122. The van der Waals surface area contributed by atoms with Gasteiger partial charge in [0.15, 0.2) is 23.9 Å². The zero-order chi connectivity index (χ0) is 18.3. The maximum Gasteiger partial charge on any atom is 0.342 e. The lowest BCUT2D eigenvalue weighted by Crippen LogP contribution is -2.25. The van der Waals surface area contributed by atoms with Crippen molar-refractivity contribution in [2.24, 2.45) is 5.92 Å². The lowest BCUT2D eigenvalue weighted by Gasteiger charge is -2.13. The molecule has 0 saturated carbocycles. The number of methoxy groups -OCH3 is 3. The highest BCUT2D eigenvalue weighted by Crippen LogP contribution is 2.34. The van der Waals surface area contributed by atoms with Gasteiger partial charge in [-0.2, -0.15) is 5.26 Å². The molecule has 0 aliphatic carbocycles. The Morgan fingerprint density at radius 3 is 2.12 bits per heavy atom. The van der Waals surface area contributed by atoms with Gasteiger partial charge in [-0.15, -0.1) is 0 Å². The molecule has 24 heavy (non-hydrogen) atoms. The summed E-state index contributed by atoms with van der Waals surface area (Å²) in [5, 5.41) is 16.2. The fourth-order valence-corrected chi connectivity index (χ4v) is 1.90. The molecule has 0 saturated heterocycles. The van der Waals surface area contributed by atoms with Gasteiger partial charge in [-0.1, -0.05) is 0 Å². The van der Waals surface area contributed by atoms with Crippen molar-refractivity contribution in [1.82, 2.24) is 0 Å². The first kappa shape index (κ1) is 19.0. The third kappa shape index (κ3) is 4.23. The highest BCUT2D eigenvalue weighted by atomic mass is 16.5. The van der Waals surface area contributed by atoms with Gasteiger partial charge in [-0.3, -0.25) is 4.79 Å². The number of ether oxygens (including phenoxy) is 4. The van der Waals surface area contributed by atoms with Crippen LogP contribution in [0.1, 0.15) is 17.3 Å². The number of nitrogens with one attached hydrogen (secondary N) is 1. The molecular formula is C16H18N2O6. The van der Waals surface area contributed by atoms with Crippen LogP contribution in [-0.4, -0.2) is 45.4 Å². The molecule has 0 spiro atoms. The first-order valence-electron chi connectivity index (χ1n) is 6.84. The van der Waals surface area contributed by atoms with Crippen LogP contribution in [0.3, 0.4) is 0 Å². The van der Waals surface area contributed by atoms with Crippen LogP contribution in [0.4, 0.5) is 0 Å². The second-order valence-corrected chi connectivity index (χ2v) is 4.70. The van der Waals surface area contributed by atoms with Gasteiger partial charge in [-0.05, 0) is 6.92 Å². The number of carbonyl (C=O) groups is 2. The molecule has 0 aliphatic heterocycles. The minimum absolute atomic E-state index is 0.0445. The Labute approximate surface area is 139 Å². The molecular weight excluding hydrogens is 316 g/mol. The molecule has 1 aromatic carbocycles. The van der Waals surface area contributed by atoms with Crippen LogP contribution in [0.2, 0.25) is 0 Å². The van der Waals surface area contributed by atoms with Crippen LogP contribution in [0.25, 0.3) is 0 Å². The summed E-state index contributed by atoms with van der Waals surface area (Å²) in [6.45, 7) is 0.718. The predicted octanol–water partition coefficient (Wildman–Crippen LogP) is 1.62. The number of hydrogen-bond donors (Lipinski definition) is 1. The molecule has 0 heterocycles. The minimum Gasteiger partial charge on any atom is -0.496 e. The van der Waals surface area contributed by atoms with E-state index >= 15 is 0 Å². The van der Waals surface area contributed by atoms with Gasteiger partial charge in [0.05, 0.1) is 27.4 Å². The predicted molar refractivity (Wildman–Crippen MR) is 83.9 cm³/mol. The number of carbonyl (C=O) groups excluding carboxylic acids is 2. The molecule has 1 N–H and O–H groups in total. The van der Waals surface area contributed by atoms with Crippen molar-refractivity contribution >= 4 is 17.5 Å². The van der Waals surface area contributed by atoms with E-state index in [4.69, 9.17) is 29.6 Å². The van der Waals surface area contributed by atoms with E-state index < -0.39 is 24.3 Å². The first-order valence-corrected chi connectivity index (χ1v) is 6.84. The Kier molecular flexibility index (Phi) is 6.74. The smallest absolute Gasteiger partial charge is 0.342 e. The van der Waals surface area contributed by atoms with Gasteiger partial charge in [0.1, 0.15) is 17.2 Å². The third-order valence-electron chi connectivity index (χ3n) is 3.16. The quantitative estimate of drug-likeness (QED) is 0.566. The van der Waals surface area contributed by atoms with Crippen molar-refractivity contribution in [2.45, 2.75) is 6.92 Å². The zero-order valence-corrected chi connectivity index (χ0v) is 13.8. The Bertz CT molecular complexity index is 693. The molecule has 8 heteroatoms. The van der Waals surface area contributed by atoms with Crippen LogP contribution in [-0.2, 0) is 9.53 Å². The molecule has 1 unspecified atom stereocenters. The van der Waals surface area contributed by atoms with Crippen molar-refractivity contribution in [1.29, 1.82) is 10.7 Å². The van der Waals surface area contributed by atoms with Crippen molar-refractivity contribution in [3.05, 3.63) is 17.7 Å². The molecule has 0 amide bonds. The van der Waals surface area contributed by atoms with Gasteiger partial charge in [0.2, 0.25) is 0 Å². The number of nitriles is 1. The van der Waals surface area contributed by atoms with Gasteiger partial charge in [0.25, 0.3) is 0 Å². The molecule has 0 aromatic heterocycles. The maximum atomic E-state index is 12.2. The van der Waals surface area contributed by atoms with E-state index in [1.807, 2.05) is 0 Å². The Hall–Kier alpha value is -3.08. The highest BCUT2D eigenvalue weighted by molar-refractivity contribution is 6.06. The normalized spacial score (nSPS) is 11.0. The van der Waals surface area contributed by atoms with Crippen LogP contribution in [0.5, 0.6) is 17.2 Å². The van der Waals surface area contributed by atoms with E-state index in [-0.39, 0.29) is 17.0 Å². The second kappa shape index (κ2) is 8.53. The zero-order valence-electron chi connectivity index (χ0n) is 13.8. The number of esters is 1. The molecule has 1 rings (SSSR count). The van der Waals surface area contributed by atoms with Crippen molar-refractivity contribution in [2.75, 3.05) is 27.9 Å². The van der Waals surface area contributed by atoms with E-state index in [1.54, 1.807) is 6.07 Å². The maximum absolute atomic E-state index is 12.2. The summed E-state index contributed by atoms with van der Waals surface area (Å²) in [6.07, 6.45) is 0. The molecule has 1 aromatic rings. The van der Waals surface area contributed by atoms with Crippen LogP contribution in [0.15, 0.2) is 12.1 Å². The van der Waals surface area contributed by atoms with E-state index in [9.17, 15) is 9.59 Å². The van der Waals surface area contributed by atoms with Crippen molar-refractivity contribution < 1.29 is 28.5 Å². The first-order chi connectivity index (χ1) is 11.4. The second-order valence-electron chi connectivity index (χ2n) is 4.70. The van der Waals surface area contributed by atoms with Gasteiger partial charge in [-0.25, -0.2) is 4.79 Å². The number of benzene rings is 1. The summed E-state index contributed by atoms with van der Waals surface area (Å²) >= 11 is 0.